The van der Waals surface area contributed by atoms with Gasteiger partial charge in [-0.25, -0.2) is 0 Å². The summed E-state index contributed by atoms with van der Waals surface area (Å²) in [4.78, 5) is 14.1. The van der Waals surface area contributed by atoms with Crippen molar-refractivity contribution in [3.8, 4) is 0 Å². The number of thioether (sulfide) groups is 1. The van der Waals surface area contributed by atoms with E-state index in [1.54, 1.807) is 11.8 Å². The van der Waals surface area contributed by atoms with Crippen LogP contribution in [0.2, 0.25) is 0 Å². The van der Waals surface area contributed by atoms with Crippen molar-refractivity contribution in [3.05, 3.63) is 65.7 Å². The fraction of sp³-hybridized carbons (Fsp3) is 0.176. The fourth-order valence-corrected chi connectivity index (χ4v) is 4.30. The third-order valence-electron chi connectivity index (χ3n) is 4.17. The lowest BCUT2D eigenvalue weighted by molar-refractivity contribution is 0.0867. The van der Waals surface area contributed by atoms with Crippen LogP contribution in [0.5, 0.6) is 0 Å². The number of benzene rings is 2. The molecule has 0 radical (unpaired) electrons. The highest BCUT2D eigenvalue weighted by Crippen LogP contribution is 2.43. The minimum absolute atomic E-state index is 0.0212. The maximum Gasteiger partial charge on any atom is 0.192 e. The van der Waals surface area contributed by atoms with E-state index < -0.39 is 5.54 Å². The molecule has 2 heterocycles. The molecule has 3 nitrogen and oxygen atoms in total. The van der Waals surface area contributed by atoms with Crippen LogP contribution in [0.1, 0.15) is 21.8 Å². The molecular weight excluding hydrogens is 280 g/mol. The first-order chi connectivity index (χ1) is 10.3. The Bertz CT molecular complexity index is 729. The van der Waals surface area contributed by atoms with Crippen LogP contribution in [0.3, 0.4) is 0 Å². The van der Waals surface area contributed by atoms with Gasteiger partial charge in [-0.15, -0.1) is 11.8 Å². The maximum atomic E-state index is 13.1. The highest BCUT2D eigenvalue weighted by atomic mass is 32.2. The Balaban J connectivity index is 1.80. The highest BCUT2D eigenvalue weighted by molar-refractivity contribution is 7.99. The Morgan fingerprint density at radius 1 is 1.10 bits per heavy atom. The average molecular weight is 294 g/mol. The molecule has 2 aromatic carbocycles. The van der Waals surface area contributed by atoms with E-state index in [-0.39, 0.29) is 11.7 Å². The molecular formula is C17H14N2OS. The molecule has 0 aliphatic carbocycles. The van der Waals surface area contributed by atoms with Gasteiger partial charge < -0.3 is 0 Å². The van der Waals surface area contributed by atoms with Crippen molar-refractivity contribution in [2.75, 3.05) is 5.75 Å². The molecule has 0 bridgehead atoms. The molecule has 0 aromatic heterocycles. The molecule has 4 heteroatoms. The molecule has 4 rings (SSSR count). The van der Waals surface area contributed by atoms with Crippen LogP contribution < -0.4 is 5.43 Å². The molecule has 2 aromatic rings. The molecule has 2 aliphatic heterocycles. The van der Waals surface area contributed by atoms with Crippen molar-refractivity contribution < 1.29 is 4.79 Å². The summed E-state index contributed by atoms with van der Waals surface area (Å²) < 4.78 is 0. The Morgan fingerprint density at radius 3 is 2.71 bits per heavy atom. The van der Waals surface area contributed by atoms with Gasteiger partial charge in [0.25, 0.3) is 0 Å². The topological polar surface area (TPSA) is 41.5 Å². The third-order valence-corrected chi connectivity index (χ3v) is 5.44. The van der Waals surface area contributed by atoms with Gasteiger partial charge in [-0.3, -0.25) is 10.2 Å². The SMILES string of the molecule is O=C1c2ccccc2SC[C@]12NN=C[C@H]2c1ccccc1. The van der Waals surface area contributed by atoms with E-state index in [1.807, 2.05) is 48.7 Å². The number of carbonyl (C=O) groups is 1. The standard InChI is InChI=1S/C17H14N2OS/c20-16-13-8-4-5-9-15(13)21-11-17(16)14(10-18-19-17)12-6-2-1-3-7-12/h1-10,14,19H,11H2/t14-,17+/m0/s1. The largest absolute Gasteiger partial charge is 0.295 e. The monoisotopic (exact) mass is 294 g/mol. The van der Waals surface area contributed by atoms with Crippen LogP contribution in [-0.2, 0) is 0 Å². The molecule has 1 spiro atoms. The lowest BCUT2D eigenvalue weighted by atomic mass is 9.77. The number of ketones is 1. The first kappa shape index (κ1) is 12.7. The van der Waals surface area contributed by atoms with E-state index in [0.29, 0.717) is 5.75 Å². The number of hydrogen-bond acceptors (Lipinski definition) is 4. The van der Waals surface area contributed by atoms with Gasteiger partial charge in [-0.2, -0.15) is 5.10 Å². The number of carbonyl (C=O) groups excluding carboxylic acids is 1. The minimum atomic E-state index is -0.652. The van der Waals surface area contributed by atoms with Crippen LogP contribution in [0.15, 0.2) is 64.6 Å². The van der Waals surface area contributed by atoms with Gasteiger partial charge in [0.2, 0.25) is 0 Å². The molecule has 0 saturated carbocycles. The van der Waals surface area contributed by atoms with Gasteiger partial charge in [-0.05, 0) is 11.6 Å². The van der Waals surface area contributed by atoms with E-state index >= 15 is 0 Å². The van der Waals surface area contributed by atoms with Crippen molar-refractivity contribution in [2.24, 2.45) is 5.10 Å². The summed E-state index contributed by atoms with van der Waals surface area (Å²) in [5.74, 6) is 0.817. The van der Waals surface area contributed by atoms with Crippen LogP contribution in [0.4, 0.5) is 0 Å². The first-order valence-corrected chi connectivity index (χ1v) is 7.92. The van der Waals surface area contributed by atoms with E-state index in [2.05, 4.69) is 22.7 Å². The molecule has 1 N–H and O–H groups in total. The van der Waals surface area contributed by atoms with Crippen molar-refractivity contribution in [1.29, 1.82) is 0 Å². The lowest BCUT2D eigenvalue weighted by Crippen LogP contribution is -2.55. The van der Waals surface area contributed by atoms with Crippen LogP contribution >= 0.6 is 11.8 Å². The number of hydrogen-bond donors (Lipinski definition) is 1. The molecule has 0 amide bonds. The third kappa shape index (κ3) is 1.83. The number of fused-ring (bicyclic) bond motifs is 1. The number of Topliss-reactive ketones (excluding diaryl/α,β-unsaturated/α-hetero) is 1. The second-order valence-corrected chi connectivity index (χ2v) is 6.38. The average Bonchev–Trinajstić information content (AvgIpc) is 2.97. The Kier molecular flexibility index (Phi) is 2.86. The van der Waals surface area contributed by atoms with Gasteiger partial charge in [0.05, 0.1) is 5.92 Å². The first-order valence-electron chi connectivity index (χ1n) is 6.93. The molecule has 2 aliphatic rings. The van der Waals surface area contributed by atoms with E-state index in [0.717, 1.165) is 16.0 Å². The zero-order valence-electron chi connectivity index (χ0n) is 11.3. The van der Waals surface area contributed by atoms with Gasteiger partial charge >= 0.3 is 0 Å². The Morgan fingerprint density at radius 2 is 1.86 bits per heavy atom. The van der Waals surface area contributed by atoms with Crippen molar-refractivity contribution in [1.82, 2.24) is 5.43 Å². The highest BCUT2D eigenvalue weighted by Gasteiger charge is 2.51. The quantitative estimate of drug-likeness (QED) is 0.879. The number of nitrogens with zero attached hydrogens (tertiary/aromatic N) is 1. The zero-order valence-corrected chi connectivity index (χ0v) is 12.1. The van der Waals surface area contributed by atoms with Crippen molar-refractivity contribution in [3.63, 3.8) is 0 Å². The van der Waals surface area contributed by atoms with Gasteiger partial charge in [-0.1, -0.05) is 48.5 Å². The van der Waals surface area contributed by atoms with E-state index in [4.69, 9.17) is 0 Å². The van der Waals surface area contributed by atoms with Gasteiger partial charge in [0.1, 0.15) is 5.54 Å². The zero-order chi connectivity index (χ0) is 14.3. The van der Waals surface area contributed by atoms with Crippen molar-refractivity contribution >= 4 is 23.8 Å². The minimum Gasteiger partial charge on any atom is -0.295 e. The molecule has 21 heavy (non-hydrogen) atoms. The summed E-state index contributed by atoms with van der Waals surface area (Å²) in [6.45, 7) is 0. The van der Waals surface area contributed by atoms with Crippen LogP contribution in [0.25, 0.3) is 0 Å². The molecule has 0 fully saturated rings. The summed E-state index contributed by atoms with van der Waals surface area (Å²) in [6.07, 6.45) is 1.86. The second kappa shape index (κ2) is 4.74. The van der Waals surface area contributed by atoms with Gasteiger partial charge in [0, 0.05) is 22.4 Å². The molecule has 0 unspecified atom stereocenters. The number of hydrazone groups is 1. The molecule has 0 saturated heterocycles. The Labute approximate surface area is 127 Å². The van der Waals surface area contributed by atoms with Crippen molar-refractivity contribution in [2.45, 2.75) is 16.4 Å². The second-order valence-electron chi connectivity index (χ2n) is 5.36. The maximum absolute atomic E-state index is 13.1. The van der Waals surface area contributed by atoms with Crippen LogP contribution in [-0.4, -0.2) is 23.3 Å². The van der Waals surface area contributed by atoms with Gasteiger partial charge in [0.15, 0.2) is 5.78 Å². The van der Waals surface area contributed by atoms with E-state index in [9.17, 15) is 4.79 Å². The predicted octanol–water partition coefficient (Wildman–Crippen LogP) is 3.09. The predicted molar refractivity (Wildman–Crippen MR) is 85.0 cm³/mol. The van der Waals surface area contributed by atoms with Crippen LogP contribution in [0, 0.1) is 0 Å². The smallest absolute Gasteiger partial charge is 0.192 e. The summed E-state index contributed by atoms with van der Waals surface area (Å²) in [5, 5.41) is 4.23. The summed E-state index contributed by atoms with van der Waals surface area (Å²) in [5.41, 5.74) is 4.38. The fourth-order valence-electron chi connectivity index (χ4n) is 3.05. The lowest BCUT2D eigenvalue weighted by Gasteiger charge is -2.36. The summed E-state index contributed by atoms with van der Waals surface area (Å²) in [7, 11) is 0. The summed E-state index contributed by atoms with van der Waals surface area (Å²) in [6, 6.07) is 17.9. The summed E-state index contributed by atoms with van der Waals surface area (Å²) >= 11 is 1.72. The number of nitrogens with one attached hydrogen (secondary N) is 1. The molecule has 2 atom stereocenters. The van der Waals surface area contributed by atoms with E-state index in [1.165, 1.54) is 0 Å². The number of rotatable bonds is 1. The molecule has 104 valence electrons. The Hall–Kier alpha value is -2.07. The normalized spacial score (nSPS) is 26.7.